The molecule has 2 unspecified atom stereocenters. The van der Waals surface area contributed by atoms with Crippen molar-refractivity contribution in [3.63, 3.8) is 0 Å². The van der Waals surface area contributed by atoms with Crippen molar-refractivity contribution in [2.24, 2.45) is 0 Å². The zero-order chi connectivity index (χ0) is 20.3. The van der Waals surface area contributed by atoms with Crippen molar-refractivity contribution >= 4 is 23.2 Å². The maximum absolute atomic E-state index is 6.48. The molecule has 4 rings (SSSR count). The molecule has 1 aliphatic rings. The summed E-state index contributed by atoms with van der Waals surface area (Å²) in [6.45, 7) is 1.10. The van der Waals surface area contributed by atoms with Crippen molar-refractivity contribution in [3.8, 4) is 11.5 Å². The van der Waals surface area contributed by atoms with Crippen LogP contribution in [0.1, 0.15) is 5.56 Å². The van der Waals surface area contributed by atoms with Crippen molar-refractivity contribution in [2.75, 3.05) is 20.3 Å². The summed E-state index contributed by atoms with van der Waals surface area (Å²) in [4.78, 5) is 4.10. The Morgan fingerprint density at radius 3 is 2.66 bits per heavy atom. The first-order valence-corrected chi connectivity index (χ1v) is 9.83. The molecule has 152 valence electrons. The Bertz CT molecular complexity index is 950. The molecule has 0 radical (unpaired) electrons. The van der Waals surface area contributed by atoms with Gasteiger partial charge in [-0.1, -0.05) is 29.3 Å². The zero-order valence-corrected chi connectivity index (χ0v) is 17.3. The predicted molar refractivity (Wildman–Crippen MR) is 110 cm³/mol. The van der Waals surface area contributed by atoms with Crippen molar-refractivity contribution < 1.29 is 18.9 Å². The fourth-order valence-electron chi connectivity index (χ4n) is 3.24. The van der Waals surface area contributed by atoms with E-state index in [1.807, 2.05) is 41.1 Å². The minimum absolute atomic E-state index is 0.271. The van der Waals surface area contributed by atoms with E-state index in [0.717, 1.165) is 11.5 Å². The summed E-state index contributed by atoms with van der Waals surface area (Å²) in [7, 11) is 1.63. The van der Waals surface area contributed by atoms with E-state index in [9.17, 15) is 0 Å². The van der Waals surface area contributed by atoms with Gasteiger partial charge in [0.2, 0.25) is 5.79 Å². The Morgan fingerprint density at radius 2 is 1.97 bits per heavy atom. The molecule has 0 N–H and O–H groups in total. The molecule has 0 saturated carbocycles. The van der Waals surface area contributed by atoms with Gasteiger partial charge in [0, 0.05) is 23.0 Å². The smallest absolute Gasteiger partial charge is 0.215 e. The van der Waals surface area contributed by atoms with Crippen molar-refractivity contribution in [1.29, 1.82) is 0 Å². The molecule has 2 heterocycles. The molecule has 3 aromatic rings. The van der Waals surface area contributed by atoms with Crippen LogP contribution in [0.3, 0.4) is 0 Å². The maximum Gasteiger partial charge on any atom is 0.215 e. The van der Waals surface area contributed by atoms with E-state index >= 15 is 0 Å². The topological polar surface area (TPSA) is 54.7 Å². The van der Waals surface area contributed by atoms with E-state index in [2.05, 4.69) is 4.98 Å². The molecule has 1 aromatic heterocycles. The molecule has 8 heteroatoms. The highest BCUT2D eigenvalue weighted by Crippen LogP contribution is 2.40. The average Bonchev–Trinajstić information content (AvgIpc) is 3.37. The molecule has 6 nitrogen and oxygen atoms in total. The number of rotatable bonds is 7. The summed E-state index contributed by atoms with van der Waals surface area (Å²) in [6.07, 6.45) is 4.99. The molecule has 2 atom stereocenters. The number of nitrogens with zero attached hydrogens (tertiary/aromatic N) is 2. The van der Waals surface area contributed by atoms with Crippen LogP contribution in [0.2, 0.25) is 10.0 Å². The number of hydrogen-bond donors (Lipinski definition) is 0. The lowest BCUT2D eigenvalue weighted by atomic mass is 10.1. The molecule has 1 fully saturated rings. The Balaban J connectivity index is 1.51. The van der Waals surface area contributed by atoms with E-state index in [-0.39, 0.29) is 6.10 Å². The lowest BCUT2D eigenvalue weighted by molar-refractivity contribution is -0.189. The van der Waals surface area contributed by atoms with Crippen LogP contribution in [0, 0.1) is 0 Å². The third-order valence-corrected chi connectivity index (χ3v) is 5.19. The fourth-order valence-corrected chi connectivity index (χ4v) is 3.79. The SMILES string of the molecule is COc1ccc(OCC2COC(Cn3ccnc3)(c3ccc(Cl)cc3Cl)O2)cc1. The average molecular weight is 435 g/mol. The lowest BCUT2D eigenvalue weighted by Gasteiger charge is -2.30. The maximum atomic E-state index is 6.48. The third-order valence-electron chi connectivity index (χ3n) is 4.65. The molecule has 0 bridgehead atoms. The molecule has 1 saturated heterocycles. The number of ether oxygens (including phenoxy) is 4. The van der Waals surface area contributed by atoms with E-state index in [1.54, 1.807) is 31.8 Å². The highest BCUT2D eigenvalue weighted by molar-refractivity contribution is 6.35. The van der Waals surface area contributed by atoms with Gasteiger partial charge in [-0.3, -0.25) is 0 Å². The number of halogens is 2. The van der Waals surface area contributed by atoms with E-state index < -0.39 is 5.79 Å². The number of methoxy groups -OCH3 is 1. The Kier molecular flexibility index (Phi) is 5.96. The second-order valence-electron chi connectivity index (χ2n) is 6.65. The molecule has 29 heavy (non-hydrogen) atoms. The summed E-state index contributed by atoms with van der Waals surface area (Å²) >= 11 is 12.5. The van der Waals surface area contributed by atoms with Gasteiger partial charge in [0.15, 0.2) is 0 Å². The molecule has 1 aliphatic heterocycles. The molecular formula is C21H20Cl2N2O4. The molecular weight excluding hydrogens is 415 g/mol. The first-order chi connectivity index (χ1) is 14.1. The van der Waals surface area contributed by atoms with Gasteiger partial charge in [-0.2, -0.15) is 0 Å². The van der Waals surface area contributed by atoms with Crippen LogP contribution >= 0.6 is 23.2 Å². The van der Waals surface area contributed by atoms with Gasteiger partial charge in [0.25, 0.3) is 0 Å². The minimum atomic E-state index is -1.06. The number of aromatic nitrogens is 2. The van der Waals surface area contributed by atoms with Gasteiger partial charge in [0.1, 0.15) is 24.2 Å². The quantitative estimate of drug-likeness (QED) is 0.545. The molecule has 2 aromatic carbocycles. The van der Waals surface area contributed by atoms with Crippen LogP contribution in [-0.2, 0) is 21.8 Å². The van der Waals surface area contributed by atoms with Crippen molar-refractivity contribution in [2.45, 2.75) is 18.4 Å². The van der Waals surface area contributed by atoms with Crippen molar-refractivity contribution in [1.82, 2.24) is 9.55 Å². The third kappa shape index (κ3) is 4.51. The Labute approximate surface area is 178 Å². The largest absolute Gasteiger partial charge is 0.497 e. The monoisotopic (exact) mass is 434 g/mol. The van der Waals surface area contributed by atoms with Crippen LogP contribution in [0.25, 0.3) is 0 Å². The number of hydrogen-bond acceptors (Lipinski definition) is 5. The van der Waals surface area contributed by atoms with Gasteiger partial charge in [-0.15, -0.1) is 0 Å². The van der Waals surface area contributed by atoms with Gasteiger partial charge in [-0.05, 0) is 36.4 Å². The second-order valence-corrected chi connectivity index (χ2v) is 7.49. The predicted octanol–water partition coefficient (Wildman–Crippen LogP) is 4.55. The summed E-state index contributed by atoms with van der Waals surface area (Å²) in [5, 5.41) is 1.03. The summed E-state index contributed by atoms with van der Waals surface area (Å²) in [5.74, 6) is 0.441. The lowest BCUT2D eigenvalue weighted by Crippen LogP contribution is -2.34. The van der Waals surface area contributed by atoms with Gasteiger partial charge < -0.3 is 23.5 Å². The van der Waals surface area contributed by atoms with E-state index in [1.165, 1.54) is 0 Å². The number of imidazole rings is 1. The summed E-state index contributed by atoms with van der Waals surface area (Å²) < 4.78 is 25.4. The Hall–Kier alpha value is -2.25. The second kappa shape index (κ2) is 8.63. The highest BCUT2D eigenvalue weighted by Gasteiger charge is 2.45. The first-order valence-electron chi connectivity index (χ1n) is 9.08. The molecule has 0 amide bonds. The fraction of sp³-hybridized carbons (Fsp3) is 0.286. The highest BCUT2D eigenvalue weighted by atomic mass is 35.5. The van der Waals surface area contributed by atoms with Gasteiger partial charge in [0.05, 0.1) is 31.6 Å². The van der Waals surface area contributed by atoms with Crippen LogP contribution in [0.5, 0.6) is 11.5 Å². The van der Waals surface area contributed by atoms with Gasteiger partial charge >= 0.3 is 0 Å². The summed E-state index contributed by atoms with van der Waals surface area (Å²) in [5.41, 5.74) is 0.712. The zero-order valence-electron chi connectivity index (χ0n) is 15.8. The Morgan fingerprint density at radius 1 is 1.17 bits per heavy atom. The van der Waals surface area contributed by atoms with Crippen molar-refractivity contribution in [3.05, 3.63) is 76.8 Å². The van der Waals surface area contributed by atoms with Crippen LogP contribution in [0.4, 0.5) is 0 Å². The summed E-state index contributed by atoms with van der Waals surface area (Å²) in [6, 6.07) is 12.7. The standard InChI is InChI=1S/C21H20Cl2N2O4/c1-26-16-3-5-17(6-4-16)27-11-18-12-28-21(29-18,13-25-9-8-24-14-25)19-7-2-15(22)10-20(19)23/h2-10,14,18H,11-13H2,1H3. The first kappa shape index (κ1) is 20.0. The van der Waals surface area contributed by atoms with E-state index in [0.29, 0.717) is 35.4 Å². The molecule has 0 aliphatic carbocycles. The van der Waals surface area contributed by atoms with Crippen LogP contribution < -0.4 is 9.47 Å². The normalized spacial score (nSPS) is 21.3. The van der Waals surface area contributed by atoms with E-state index in [4.69, 9.17) is 42.1 Å². The molecule has 0 spiro atoms. The number of benzene rings is 2. The minimum Gasteiger partial charge on any atom is -0.497 e. The van der Waals surface area contributed by atoms with Crippen LogP contribution in [-0.4, -0.2) is 36.0 Å². The van der Waals surface area contributed by atoms with Crippen LogP contribution in [0.15, 0.2) is 61.2 Å². The van der Waals surface area contributed by atoms with Gasteiger partial charge in [-0.25, -0.2) is 4.98 Å².